The van der Waals surface area contributed by atoms with Gasteiger partial charge in [0.2, 0.25) is 0 Å². The van der Waals surface area contributed by atoms with Crippen molar-refractivity contribution in [2.75, 3.05) is 0 Å². The Morgan fingerprint density at radius 1 is 1.00 bits per heavy atom. The minimum absolute atomic E-state index is 0.105. The lowest BCUT2D eigenvalue weighted by molar-refractivity contribution is 0.0565. The molecule has 0 aliphatic carbocycles. The summed E-state index contributed by atoms with van der Waals surface area (Å²) in [6.07, 6.45) is -0.111. The van der Waals surface area contributed by atoms with Gasteiger partial charge in [0.05, 0.1) is 10.6 Å². The second-order valence-corrected chi connectivity index (χ2v) is 6.18. The Labute approximate surface area is 136 Å². The molecule has 0 aliphatic heterocycles. The van der Waals surface area contributed by atoms with E-state index in [0.717, 1.165) is 6.07 Å². The lowest BCUT2D eigenvalue weighted by Crippen LogP contribution is -2.25. The third kappa shape index (κ3) is 3.67. The van der Waals surface area contributed by atoms with Gasteiger partial charge in [0.25, 0.3) is 0 Å². The molecule has 0 amide bonds. The van der Waals surface area contributed by atoms with E-state index in [1.807, 2.05) is 0 Å². The number of aliphatic hydroxyl groups is 1. The van der Waals surface area contributed by atoms with Crippen molar-refractivity contribution in [3.8, 4) is 0 Å². The molecule has 6 heteroatoms. The molecule has 0 aliphatic rings. The van der Waals surface area contributed by atoms with E-state index in [4.69, 9.17) is 34.8 Å². The summed E-state index contributed by atoms with van der Waals surface area (Å²) in [4.78, 5) is 0. The summed E-state index contributed by atoms with van der Waals surface area (Å²) in [5.74, 6) is -1.21. The first-order valence-corrected chi connectivity index (χ1v) is 7.15. The van der Waals surface area contributed by atoms with E-state index in [0.29, 0.717) is 5.02 Å². The molecule has 0 bridgehead atoms. The van der Waals surface area contributed by atoms with E-state index in [1.165, 1.54) is 31.2 Å². The standard InChI is InChI=1S/C15H11Cl3F2O/c1-15(21,7-8-4-9(16)2-3-13(8)19)10-5-14(20)12(18)6-11(10)17/h2-6,21H,7H2,1H3. The van der Waals surface area contributed by atoms with Gasteiger partial charge in [0.15, 0.2) is 0 Å². The molecule has 1 unspecified atom stereocenters. The van der Waals surface area contributed by atoms with Gasteiger partial charge in [-0.2, -0.15) is 0 Å². The zero-order valence-electron chi connectivity index (χ0n) is 10.9. The maximum absolute atomic E-state index is 13.8. The average molecular weight is 352 g/mol. The predicted molar refractivity (Wildman–Crippen MR) is 81.1 cm³/mol. The van der Waals surface area contributed by atoms with E-state index in [-0.39, 0.29) is 27.6 Å². The van der Waals surface area contributed by atoms with E-state index < -0.39 is 17.2 Å². The maximum Gasteiger partial charge on any atom is 0.142 e. The maximum atomic E-state index is 13.8. The van der Waals surface area contributed by atoms with Crippen molar-refractivity contribution in [2.45, 2.75) is 18.9 Å². The molecule has 2 aromatic rings. The van der Waals surface area contributed by atoms with Crippen LogP contribution in [0.4, 0.5) is 8.78 Å². The summed E-state index contributed by atoms with van der Waals surface area (Å²) >= 11 is 17.4. The zero-order valence-corrected chi connectivity index (χ0v) is 13.2. The van der Waals surface area contributed by atoms with Crippen molar-refractivity contribution in [1.29, 1.82) is 0 Å². The molecule has 1 N–H and O–H groups in total. The fourth-order valence-corrected chi connectivity index (χ4v) is 2.86. The van der Waals surface area contributed by atoms with E-state index in [2.05, 4.69) is 0 Å². The van der Waals surface area contributed by atoms with Crippen LogP contribution in [0.3, 0.4) is 0 Å². The highest BCUT2D eigenvalue weighted by Gasteiger charge is 2.28. The van der Waals surface area contributed by atoms with E-state index in [1.54, 1.807) is 0 Å². The molecular formula is C15H11Cl3F2O. The first-order chi connectivity index (χ1) is 9.70. The number of hydrogen-bond acceptors (Lipinski definition) is 1. The molecule has 2 rings (SSSR count). The van der Waals surface area contributed by atoms with Gasteiger partial charge < -0.3 is 5.11 Å². The summed E-state index contributed by atoms with van der Waals surface area (Å²) in [5, 5.41) is 10.9. The number of hydrogen-bond donors (Lipinski definition) is 1. The summed E-state index contributed by atoms with van der Waals surface area (Å²) < 4.78 is 27.3. The van der Waals surface area contributed by atoms with Gasteiger partial charge in [-0.05, 0) is 42.8 Å². The van der Waals surface area contributed by atoms with Gasteiger partial charge >= 0.3 is 0 Å². The molecule has 112 valence electrons. The molecule has 0 heterocycles. The van der Waals surface area contributed by atoms with Gasteiger partial charge in [0, 0.05) is 22.0 Å². The Balaban J connectivity index is 2.42. The minimum atomic E-state index is -1.58. The van der Waals surface area contributed by atoms with Crippen molar-refractivity contribution in [2.24, 2.45) is 0 Å². The molecule has 2 aromatic carbocycles. The lowest BCUT2D eigenvalue weighted by Gasteiger charge is -2.25. The molecule has 0 spiro atoms. The monoisotopic (exact) mass is 350 g/mol. The normalized spacial score (nSPS) is 14.0. The van der Waals surface area contributed by atoms with Gasteiger partial charge in [-0.1, -0.05) is 34.8 Å². The van der Waals surface area contributed by atoms with Gasteiger partial charge in [-0.25, -0.2) is 8.78 Å². The molecule has 1 nitrogen and oxygen atoms in total. The van der Waals surface area contributed by atoms with Gasteiger partial charge in [0.1, 0.15) is 11.6 Å². The van der Waals surface area contributed by atoms with Crippen LogP contribution in [0.15, 0.2) is 30.3 Å². The molecule has 0 fully saturated rings. The second-order valence-electron chi connectivity index (χ2n) is 4.93. The van der Waals surface area contributed by atoms with Crippen LogP contribution in [0.25, 0.3) is 0 Å². The highest BCUT2D eigenvalue weighted by molar-refractivity contribution is 6.35. The Morgan fingerprint density at radius 3 is 2.33 bits per heavy atom. The Kier molecular flexibility index (Phi) is 4.79. The zero-order chi connectivity index (χ0) is 15.8. The fourth-order valence-electron chi connectivity index (χ4n) is 2.08. The number of benzene rings is 2. The Morgan fingerprint density at radius 2 is 1.67 bits per heavy atom. The third-order valence-corrected chi connectivity index (χ3v) is 3.97. The van der Waals surface area contributed by atoms with Crippen LogP contribution in [0.2, 0.25) is 15.1 Å². The van der Waals surface area contributed by atoms with Crippen molar-refractivity contribution < 1.29 is 13.9 Å². The summed E-state index contributed by atoms with van der Waals surface area (Å²) in [6, 6.07) is 6.27. The Hall–Kier alpha value is -0.870. The van der Waals surface area contributed by atoms with Crippen LogP contribution in [0, 0.1) is 11.6 Å². The average Bonchev–Trinajstić information content (AvgIpc) is 2.37. The molecule has 0 saturated carbocycles. The topological polar surface area (TPSA) is 20.2 Å². The molecule has 0 radical (unpaired) electrons. The summed E-state index contributed by atoms with van der Waals surface area (Å²) in [5.41, 5.74) is -1.24. The molecule has 0 saturated heterocycles. The second kappa shape index (κ2) is 6.09. The van der Waals surface area contributed by atoms with Crippen LogP contribution < -0.4 is 0 Å². The van der Waals surface area contributed by atoms with Gasteiger partial charge in [-0.15, -0.1) is 0 Å². The fraction of sp³-hybridized carbons (Fsp3) is 0.200. The van der Waals surface area contributed by atoms with Crippen LogP contribution in [-0.2, 0) is 12.0 Å². The predicted octanol–water partition coefficient (Wildman–Crippen LogP) is 5.38. The third-order valence-electron chi connectivity index (χ3n) is 3.13. The van der Waals surface area contributed by atoms with Crippen LogP contribution in [-0.4, -0.2) is 5.11 Å². The smallest absolute Gasteiger partial charge is 0.142 e. The van der Waals surface area contributed by atoms with Crippen molar-refractivity contribution in [3.05, 3.63) is 68.2 Å². The first-order valence-electron chi connectivity index (χ1n) is 6.02. The number of halogens is 5. The van der Waals surface area contributed by atoms with Gasteiger partial charge in [-0.3, -0.25) is 0 Å². The SMILES string of the molecule is CC(O)(Cc1cc(Cl)ccc1F)c1cc(F)c(Cl)cc1Cl. The lowest BCUT2D eigenvalue weighted by atomic mass is 9.88. The van der Waals surface area contributed by atoms with Crippen molar-refractivity contribution >= 4 is 34.8 Å². The summed E-state index contributed by atoms with van der Waals surface area (Å²) in [7, 11) is 0. The van der Waals surface area contributed by atoms with E-state index >= 15 is 0 Å². The van der Waals surface area contributed by atoms with Crippen LogP contribution in [0.1, 0.15) is 18.1 Å². The first kappa shape index (κ1) is 16.5. The van der Waals surface area contributed by atoms with Crippen molar-refractivity contribution in [1.82, 2.24) is 0 Å². The van der Waals surface area contributed by atoms with Crippen LogP contribution in [0.5, 0.6) is 0 Å². The quantitative estimate of drug-likeness (QED) is 0.737. The van der Waals surface area contributed by atoms with E-state index in [9.17, 15) is 13.9 Å². The molecule has 21 heavy (non-hydrogen) atoms. The number of rotatable bonds is 3. The molecular weight excluding hydrogens is 341 g/mol. The summed E-state index contributed by atoms with van der Waals surface area (Å²) in [6.45, 7) is 1.42. The molecule has 1 atom stereocenters. The van der Waals surface area contributed by atoms with Crippen LogP contribution >= 0.6 is 34.8 Å². The largest absolute Gasteiger partial charge is 0.385 e. The highest BCUT2D eigenvalue weighted by atomic mass is 35.5. The Bertz CT molecular complexity index is 687. The van der Waals surface area contributed by atoms with Crippen molar-refractivity contribution in [3.63, 3.8) is 0 Å². The highest BCUT2D eigenvalue weighted by Crippen LogP contribution is 2.35. The minimum Gasteiger partial charge on any atom is -0.385 e. The molecule has 0 aromatic heterocycles.